The van der Waals surface area contributed by atoms with E-state index in [-0.39, 0.29) is 0 Å². The molecule has 0 aromatic carbocycles. The van der Waals surface area contributed by atoms with Gasteiger partial charge in [0.25, 0.3) is 0 Å². The summed E-state index contributed by atoms with van der Waals surface area (Å²) in [5.41, 5.74) is 0. The fraction of sp³-hybridized carbons (Fsp3) is 1.00. The molecule has 0 spiro atoms. The summed E-state index contributed by atoms with van der Waals surface area (Å²) in [6.45, 7) is 9.50. The van der Waals surface area contributed by atoms with E-state index in [1.807, 2.05) is 0 Å². The Hall–Kier alpha value is 1.60. The minimum absolute atomic E-state index is 0.947. The maximum absolute atomic E-state index is 2.37. The topological polar surface area (TPSA) is 0 Å². The summed E-state index contributed by atoms with van der Waals surface area (Å²) in [5.74, 6) is 0. The molecule has 0 aliphatic heterocycles. The van der Waals surface area contributed by atoms with E-state index < -0.39 is 39.5 Å². The quantitative estimate of drug-likeness (QED) is 0.0941. The molecule has 0 atom stereocenters. The Morgan fingerprint density at radius 3 is 0.808 bits per heavy atom. The molecule has 0 saturated heterocycles. The van der Waals surface area contributed by atoms with Gasteiger partial charge in [-0.2, -0.15) is 0 Å². The van der Waals surface area contributed by atoms with Crippen molar-refractivity contribution in [3.63, 3.8) is 0 Å². The summed E-state index contributed by atoms with van der Waals surface area (Å²) in [4.78, 5) is 0. The van der Waals surface area contributed by atoms with Crippen LogP contribution in [-0.2, 0) is 0 Å². The molecule has 0 aliphatic rings. The van der Waals surface area contributed by atoms with Crippen LogP contribution in [0.1, 0.15) is 118 Å². The summed E-state index contributed by atoms with van der Waals surface area (Å²) in [6.07, 6.45) is 21.3. The Bertz CT molecular complexity index is 213. The fourth-order valence-electron chi connectivity index (χ4n) is 3.91. The number of rotatable bonds is 21. The van der Waals surface area contributed by atoms with Gasteiger partial charge in [0, 0.05) is 0 Å². The van der Waals surface area contributed by atoms with E-state index in [1.165, 1.54) is 25.7 Å². The van der Waals surface area contributed by atoms with Crippen LogP contribution in [0.2, 0.25) is 26.6 Å². The Labute approximate surface area is 182 Å². The van der Waals surface area contributed by atoms with E-state index in [0.717, 1.165) is 0 Å². The summed E-state index contributed by atoms with van der Waals surface area (Å²) < 4.78 is 10.2. The van der Waals surface area contributed by atoms with Crippen molar-refractivity contribution in [2.24, 2.45) is 0 Å². The second-order valence-electron chi connectivity index (χ2n) is 8.54. The normalized spacial score (nSPS) is 11.1. The zero-order valence-corrected chi connectivity index (χ0v) is 24.9. The van der Waals surface area contributed by atoms with Crippen LogP contribution in [0.3, 0.4) is 0 Å². The molecule has 0 radical (unpaired) electrons. The van der Waals surface area contributed by atoms with Crippen LogP contribution < -0.4 is 0 Å². The Kier molecular flexibility index (Phi) is 24.3. The first-order valence-corrected chi connectivity index (χ1v) is 24.6. The van der Waals surface area contributed by atoms with Crippen LogP contribution >= 0.6 is 0 Å². The second kappa shape index (κ2) is 22.9. The van der Waals surface area contributed by atoms with E-state index in [1.54, 1.807) is 90.8 Å². The van der Waals surface area contributed by atoms with Gasteiger partial charge in [0.2, 0.25) is 0 Å². The third-order valence-corrected chi connectivity index (χ3v) is 24.0. The van der Waals surface area contributed by atoms with Crippen LogP contribution in [0.15, 0.2) is 0 Å². The van der Waals surface area contributed by atoms with Crippen molar-refractivity contribution in [3.05, 3.63) is 0 Å². The van der Waals surface area contributed by atoms with Gasteiger partial charge < -0.3 is 0 Å². The maximum atomic E-state index is 2.37. The Balaban J connectivity index is 3.64. The molecule has 2 heteroatoms. The van der Waals surface area contributed by atoms with Gasteiger partial charge in [0.1, 0.15) is 0 Å². The molecule has 0 unspecified atom stereocenters. The Morgan fingerprint density at radius 1 is 0.308 bits per heavy atom. The average Bonchev–Trinajstić information content (AvgIpc) is 2.66. The van der Waals surface area contributed by atoms with Crippen LogP contribution in [0.25, 0.3) is 0 Å². The molecular weight excluding hydrogens is 526 g/mol. The summed E-state index contributed by atoms with van der Waals surface area (Å²) in [6, 6.07) is 0. The fourth-order valence-corrected chi connectivity index (χ4v) is 22.2. The molecular formula is C24H52Sn2+2. The molecule has 0 heterocycles. The van der Waals surface area contributed by atoms with Crippen molar-refractivity contribution in [2.75, 3.05) is 0 Å². The van der Waals surface area contributed by atoms with Gasteiger partial charge in [0.05, 0.1) is 0 Å². The minimum atomic E-state index is -0.947. The van der Waals surface area contributed by atoms with Crippen molar-refractivity contribution in [3.8, 4) is 0 Å². The third-order valence-electron chi connectivity index (χ3n) is 5.85. The van der Waals surface area contributed by atoms with Crippen LogP contribution in [0, 0.1) is 0 Å². The van der Waals surface area contributed by atoms with Crippen molar-refractivity contribution >= 4 is 39.5 Å². The predicted molar refractivity (Wildman–Crippen MR) is 128 cm³/mol. The van der Waals surface area contributed by atoms with E-state index >= 15 is 0 Å². The standard InChI is InChI=1S/C8H16.4C4H9.2Sn/c1-3-5-7-8-6-4-2;4*1-3-4-2;;/h1-8H2;4*1,3-4H2,2H3;;/q;;;;;2*+1. The summed E-state index contributed by atoms with van der Waals surface area (Å²) in [5, 5.41) is 0. The monoisotopic (exact) mass is 580 g/mol. The summed E-state index contributed by atoms with van der Waals surface area (Å²) in [7, 11) is 0. The van der Waals surface area contributed by atoms with Crippen molar-refractivity contribution in [1.29, 1.82) is 0 Å². The van der Waals surface area contributed by atoms with E-state index in [0.29, 0.717) is 0 Å². The summed E-state index contributed by atoms with van der Waals surface area (Å²) >= 11 is -1.89. The molecule has 0 rings (SSSR count). The van der Waals surface area contributed by atoms with E-state index in [9.17, 15) is 0 Å². The van der Waals surface area contributed by atoms with Gasteiger partial charge in [-0.25, -0.2) is 0 Å². The van der Waals surface area contributed by atoms with Crippen LogP contribution in [0.5, 0.6) is 0 Å². The third kappa shape index (κ3) is 18.9. The molecule has 154 valence electrons. The molecule has 0 saturated carbocycles. The van der Waals surface area contributed by atoms with Crippen LogP contribution in [0.4, 0.5) is 0 Å². The predicted octanol–water partition coefficient (Wildman–Crippen LogP) is 9.52. The van der Waals surface area contributed by atoms with Gasteiger partial charge in [0.15, 0.2) is 0 Å². The van der Waals surface area contributed by atoms with Crippen molar-refractivity contribution < 1.29 is 0 Å². The van der Waals surface area contributed by atoms with Crippen molar-refractivity contribution in [2.45, 2.75) is 144 Å². The molecule has 0 bridgehead atoms. The van der Waals surface area contributed by atoms with Gasteiger partial charge in [-0.1, -0.05) is 0 Å². The Morgan fingerprint density at radius 2 is 0.538 bits per heavy atom. The number of unbranched alkanes of at least 4 members (excludes halogenated alkanes) is 9. The van der Waals surface area contributed by atoms with E-state index in [2.05, 4.69) is 27.7 Å². The van der Waals surface area contributed by atoms with Gasteiger partial charge in [-0.3, -0.25) is 0 Å². The zero-order valence-electron chi connectivity index (χ0n) is 19.1. The molecule has 0 amide bonds. The number of hydrogen-bond acceptors (Lipinski definition) is 0. The molecule has 0 aromatic rings. The van der Waals surface area contributed by atoms with Gasteiger partial charge >= 0.3 is 184 Å². The van der Waals surface area contributed by atoms with Crippen LogP contribution in [-0.4, -0.2) is 39.5 Å². The molecule has 0 nitrogen and oxygen atoms in total. The SMILES string of the molecule is CCC[CH2][Sn+]([CH2]CCC)[CH2]CCCCCC[CH2][Sn+]([CH2]CCC)[CH2]CCC. The van der Waals surface area contributed by atoms with Gasteiger partial charge in [-0.05, 0) is 0 Å². The van der Waals surface area contributed by atoms with Gasteiger partial charge in [-0.15, -0.1) is 0 Å². The second-order valence-corrected chi connectivity index (χ2v) is 25.7. The molecule has 0 aliphatic carbocycles. The first-order chi connectivity index (χ1) is 12.8. The molecule has 0 fully saturated rings. The van der Waals surface area contributed by atoms with E-state index in [4.69, 9.17) is 0 Å². The first kappa shape index (κ1) is 27.6. The zero-order chi connectivity index (χ0) is 19.3. The first-order valence-electron chi connectivity index (χ1n) is 12.4. The average molecular weight is 578 g/mol. The molecule has 0 N–H and O–H groups in total. The molecule has 26 heavy (non-hydrogen) atoms. The molecule has 0 aromatic heterocycles. The number of hydrogen-bond donors (Lipinski definition) is 0. The van der Waals surface area contributed by atoms with Crippen molar-refractivity contribution in [1.82, 2.24) is 0 Å².